The van der Waals surface area contributed by atoms with E-state index in [-0.39, 0.29) is 22.7 Å². The summed E-state index contributed by atoms with van der Waals surface area (Å²) >= 11 is 0. The van der Waals surface area contributed by atoms with Crippen LogP contribution in [0, 0.1) is 24.0 Å². The van der Waals surface area contributed by atoms with Crippen molar-refractivity contribution in [2.24, 2.45) is 0 Å². The third kappa shape index (κ3) is 2.11. The van der Waals surface area contributed by atoms with Gasteiger partial charge in [-0.25, -0.2) is 0 Å². The number of likely N-dealkylation sites (N-methyl/N-ethyl adjacent to an activating group) is 1. The molecular weight excluding hydrogens is 290 g/mol. The summed E-state index contributed by atoms with van der Waals surface area (Å²) in [5.74, 6) is -0.418. The summed E-state index contributed by atoms with van der Waals surface area (Å²) in [4.78, 5) is 14.4. The SMILES string of the molecule is Cc1nn2/c(=C(\[O-])N3CCN(C)CC3)c(C)n[n+]2c1[N+](=O)[O-]. The molecule has 2 aromatic rings. The lowest BCUT2D eigenvalue weighted by molar-refractivity contribution is -0.718. The van der Waals surface area contributed by atoms with Gasteiger partial charge in [0.15, 0.2) is 5.35 Å². The van der Waals surface area contributed by atoms with Crippen LogP contribution in [0.15, 0.2) is 0 Å². The van der Waals surface area contributed by atoms with Crippen LogP contribution in [0.4, 0.5) is 5.82 Å². The molecule has 10 heteroatoms. The van der Waals surface area contributed by atoms with Crippen molar-refractivity contribution in [1.29, 1.82) is 0 Å². The highest BCUT2D eigenvalue weighted by Gasteiger charge is 2.34. The van der Waals surface area contributed by atoms with E-state index in [0.29, 0.717) is 18.8 Å². The molecule has 0 bridgehead atoms. The fourth-order valence-electron chi connectivity index (χ4n) is 2.64. The largest absolute Gasteiger partial charge is 0.859 e. The zero-order chi connectivity index (χ0) is 16.0. The first-order chi connectivity index (χ1) is 10.4. The first-order valence-corrected chi connectivity index (χ1v) is 6.97. The van der Waals surface area contributed by atoms with Gasteiger partial charge in [0.25, 0.3) is 0 Å². The Morgan fingerprint density at radius 1 is 1.23 bits per heavy atom. The topological polar surface area (TPSA) is 107 Å². The third-order valence-electron chi connectivity index (χ3n) is 3.89. The van der Waals surface area contributed by atoms with Crippen molar-refractivity contribution >= 4 is 11.7 Å². The maximum atomic E-state index is 12.7. The number of aryl methyl sites for hydroxylation is 2. The van der Waals surface area contributed by atoms with Gasteiger partial charge in [-0.2, -0.15) is 0 Å². The molecule has 1 aliphatic heterocycles. The molecule has 118 valence electrons. The summed E-state index contributed by atoms with van der Waals surface area (Å²) in [5.41, 5.74) is 0.657. The van der Waals surface area contributed by atoms with Gasteiger partial charge in [0.05, 0.1) is 9.26 Å². The fraction of sp³-hybridized carbons (Fsp3) is 0.583. The Kier molecular flexibility index (Phi) is 3.32. The van der Waals surface area contributed by atoms with Crippen LogP contribution in [-0.2, 0) is 0 Å². The summed E-state index contributed by atoms with van der Waals surface area (Å²) in [5, 5.41) is 32.3. The van der Waals surface area contributed by atoms with E-state index in [0.717, 1.165) is 17.7 Å². The first kappa shape index (κ1) is 14.4. The average molecular weight is 307 g/mol. The molecular formula is C12H17N7O3. The minimum absolute atomic E-state index is 0.196. The van der Waals surface area contributed by atoms with Gasteiger partial charge in [0, 0.05) is 38.0 Å². The van der Waals surface area contributed by atoms with Crippen LogP contribution in [0.2, 0.25) is 0 Å². The number of aromatic nitrogens is 4. The highest BCUT2D eigenvalue weighted by molar-refractivity contribution is 5.30. The maximum absolute atomic E-state index is 12.7. The number of fused-ring (bicyclic) bond motifs is 1. The van der Waals surface area contributed by atoms with Gasteiger partial charge < -0.3 is 25.0 Å². The molecule has 2 aromatic heterocycles. The Labute approximate surface area is 126 Å². The number of rotatable bonds is 2. The van der Waals surface area contributed by atoms with E-state index >= 15 is 0 Å². The summed E-state index contributed by atoms with van der Waals surface area (Å²) < 4.78 is 2.30. The van der Waals surface area contributed by atoms with E-state index in [1.165, 1.54) is 11.6 Å². The highest BCUT2D eigenvalue weighted by Crippen LogP contribution is 2.08. The van der Waals surface area contributed by atoms with Crippen LogP contribution in [0.3, 0.4) is 0 Å². The molecule has 0 aromatic carbocycles. The summed E-state index contributed by atoms with van der Waals surface area (Å²) in [7, 11) is 2.01. The predicted molar refractivity (Wildman–Crippen MR) is 72.5 cm³/mol. The Morgan fingerprint density at radius 3 is 2.45 bits per heavy atom. The van der Waals surface area contributed by atoms with Crippen LogP contribution in [0.25, 0.3) is 5.88 Å². The number of nitro groups is 1. The van der Waals surface area contributed by atoms with E-state index in [2.05, 4.69) is 15.1 Å². The Balaban J connectivity index is 2.18. The molecule has 0 saturated carbocycles. The lowest BCUT2D eigenvalue weighted by Crippen LogP contribution is -2.48. The molecule has 3 heterocycles. The summed E-state index contributed by atoms with van der Waals surface area (Å²) in [6.07, 6.45) is 0. The molecule has 0 spiro atoms. The zero-order valence-corrected chi connectivity index (χ0v) is 12.7. The van der Waals surface area contributed by atoms with Crippen molar-refractivity contribution in [1.82, 2.24) is 24.6 Å². The van der Waals surface area contributed by atoms with E-state index in [1.54, 1.807) is 11.8 Å². The number of hydrogen-bond donors (Lipinski definition) is 0. The third-order valence-corrected chi connectivity index (χ3v) is 3.89. The first-order valence-electron chi connectivity index (χ1n) is 6.97. The van der Waals surface area contributed by atoms with Gasteiger partial charge >= 0.3 is 11.5 Å². The minimum Gasteiger partial charge on any atom is -0.859 e. The molecule has 1 saturated heterocycles. The van der Waals surface area contributed by atoms with Crippen molar-refractivity contribution in [2.45, 2.75) is 13.8 Å². The Morgan fingerprint density at radius 2 is 1.86 bits per heavy atom. The standard InChI is InChI=1S/C12H17N7O3/c1-8-10(12(20)16-6-4-15(3)5-7-16)17-14-9(2)11(19(21)22)18(17)13-8/h4-7H2,1-3H3. The van der Waals surface area contributed by atoms with E-state index in [4.69, 9.17) is 0 Å². The Hall–Kier alpha value is -2.49. The predicted octanol–water partition coefficient (Wildman–Crippen LogP) is -2.77. The maximum Gasteiger partial charge on any atom is 0.493 e. The van der Waals surface area contributed by atoms with Gasteiger partial charge in [-0.15, -0.1) is 0 Å². The molecule has 0 amide bonds. The number of piperazine rings is 1. The van der Waals surface area contributed by atoms with Gasteiger partial charge in [-0.3, -0.25) is 0 Å². The van der Waals surface area contributed by atoms with Crippen molar-refractivity contribution in [3.05, 3.63) is 26.9 Å². The zero-order valence-electron chi connectivity index (χ0n) is 12.7. The number of hydrogen-bond acceptors (Lipinski definition) is 7. The second kappa shape index (κ2) is 5.05. The van der Waals surface area contributed by atoms with E-state index in [1.807, 2.05) is 7.05 Å². The molecule has 0 atom stereocenters. The van der Waals surface area contributed by atoms with Crippen molar-refractivity contribution in [3.63, 3.8) is 0 Å². The summed E-state index contributed by atoms with van der Waals surface area (Å²) in [6.45, 7) is 6.02. The van der Waals surface area contributed by atoms with E-state index < -0.39 is 4.92 Å². The second-order valence-corrected chi connectivity index (χ2v) is 5.47. The van der Waals surface area contributed by atoms with E-state index in [9.17, 15) is 15.2 Å². The van der Waals surface area contributed by atoms with Crippen molar-refractivity contribution in [3.8, 4) is 0 Å². The monoisotopic (exact) mass is 307 g/mol. The molecule has 0 radical (unpaired) electrons. The Bertz CT molecular complexity index is 792. The fourth-order valence-corrected chi connectivity index (χ4v) is 2.64. The van der Waals surface area contributed by atoms with Gasteiger partial charge in [-0.05, 0) is 25.0 Å². The molecule has 0 N–H and O–H groups in total. The highest BCUT2D eigenvalue weighted by atomic mass is 16.6. The smallest absolute Gasteiger partial charge is 0.493 e. The quantitative estimate of drug-likeness (QED) is 0.336. The average Bonchev–Trinajstić information content (AvgIpc) is 2.91. The van der Waals surface area contributed by atoms with Gasteiger partial charge in [0.2, 0.25) is 0 Å². The van der Waals surface area contributed by atoms with Crippen molar-refractivity contribution in [2.75, 3.05) is 33.2 Å². The van der Waals surface area contributed by atoms with Crippen LogP contribution in [0.5, 0.6) is 0 Å². The minimum atomic E-state index is -0.543. The van der Waals surface area contributed by atoms with Gasteiger partial charge in [0.1, 0.15) is 10.8 Å². The van der Waals surface area contributed by atoms with Crippen molar-refractivity contribution < 1.29 is 14.7 Å². The normalized spacial score (nSPS) is 18.0. The van der Waals surface area contributed by atoms with Crippen LogP contribution in [-0.4, -0.2) is 62.8 Å². The van der Waals surface area contributed by atoms with Crippen LogP contribution in [0.1, 0.15) is 11.4 Å². The van der Waals surface area contributed by atoms with Crippen LogP contribution < -0.4 is 15.1 Å². The lowest BCUT2D eigenvalue weighted by atomic mass is 10.3. The molecule has 0 unspecified atom stereocenters. The molecule has 22 heavy (non-hydrogen) atoms. The van der Waals surface area contributed by atoms with Gasteiger partial charge in [-0.1, -0.05) is 0 Å². The molecule has 1 fully saturated rings. The molecule has 3 rings (SSSR count). The number of nitrogens with zero attached hydrogens (tertiary/aromatic N) is 7. The van der Waals surface area contributed by atoms with Crippen LogP contribution >= 0.6 is 0 Å². The molecule has 1 aliphatic rings. The molecule has 0 aliphatic carbocycles. The second-order valence-electron chi connectivity index (χ2n) is 5.47. The summed E-state index contributed by atoms with van der Waals surface area (Å²) in [6, 6.07) is 0. The lowest BCUT2D eigenvalue weighted by Gasteiger charge is -2.37. The molecule has 10 nitrogen and oxygen atoms in total.